The van der Waals surface area contributed by atoms with Gasteiger partial charge in [0.1, 0.15) is 22.7 Å². The van der Waals surface area contributed by atoms with Gasteiger partial charge in [-0.05, 0) is 62.1 Å². The largest absolute Gasteiger partial charge is 0.462 e. The van der Waals surface area contributed by atoms with Crippen molar-refractivity contribution in [2.24, 2.45) is 0 Å². The summed E-state index contributed by atoms with van der Waals surface area (Å²) in [4.78, 5) is 12.6. The van der Waals surface area contributed by atoms with Crippen LogP contribution in [0.3, 0.4) is 0 Å². The van der Waals surface area contributed by atoms with Gasteiger partial charge >= 0.3 is 5.97 Å². The number of benzene rings is 2. The number of nitrogens with two attached hydrogens (primary N) is 1. The Bertz CT molecular complexity index is 947. The number of esters is 1. The molecule has 0 amide bonds. The normalized spacial score (nSPS) is 11.1. The van der Waals surface area contributed by atoms with Crippen LogP contribution in [-0.2, 0) is 11.2 Å². The second-order valence-corrected chi connectivity index (χ2v) is 6.26. The number of carbonyl (C=O) groups excluding carboxylic acids is 1. The third kappa shape index (κ3) is 3.95. The molecule has 3 rings (SSSR count). The molecule has 2 aromatic carbocycles. The van der Waals surface area contributed by atoms with Gasteiger partial charge in [-0.15, -0.1) is 0 Å². The third-order valence-electron chi connectivity index (χ3n) is 4.39. The second kappa shape index (κ2) is 8.22. The van der Waals surface area contributed by atoms with Gasteiger partial charge in [0.25, 0.3) is 0 Å². The van der Waals surface area contributed by atoms with Crippen LogP contribution in [0, 0.1) is 5.82 Å². The van der Waals surface area contributed by atoms with E-state index in [1.807, 2.05) is 6.07 Å². The average molecular weight is 371 g/mol. The summed E-state index contributed by atoms with van der Waals surface area (Å²) in [5, 5.41) is 9.59. The highest BCUT2D eigenvalue weighted by molar-refractivity contribution is 6.09. The number of carbonyl (C=O) groups is 1. The highest BCUT2D eigenvalue weighted by Crippen LogP contribution is 2.36. The third-order valence-corrected chi connectivity index (χ3v) is 4.39. The lowest BCUT2D eigenvalue weighted by Gasteiger charge is -2.06. The molecule has 142 valence electrons. The van der Waals surface area contributed by atoms with Crippen LogP contribution in [0.5, 0.6) is 0 Å². The first-order valence-corrected chi connectivity index (χ1v) is 8.94. The highest BCUT2D eigenvalue weighted by Gasteiger charge is 2.24. The number of anilines is 1. The molecule has 0 unspecified atom stereocenters. The number of aryl methyl sites for hydroxylation is 1. The van der Waals surface area contributed by atoms with Crippen molar-refractivity contribution >= 4 is 22.6 Å². The fourth-order valence-electron chi connectivity index (χ4n) is 3.06. The summed E-state index contributed by atoms with van der Waals surface area (Å²) in [5.41, 5.74) is 8.94. The monoisotopic (exact) mass is 371 g/mol. The molecule has 6 heteroatoms. The van der Waals surface area contributed by atoms with Gasteiger partial charge in [0.2, 0.25) is 0 Å². The number of furan rings is 1. The summed E-state index contributed by atoms with van der Waals surface area (Å²) >= 11 is 0. The summed E-state index contributed by atoms with van der Waals surface area (Å²) in [6, 6.07) is 9.27. The summed E-state index contributed by atoms with van der Waals surface area (Å²) in [6.07, 6.45) is 2.14. The van der Waals surface area contributed by atoms with Gasteiger partial charge in [-0.1, -0.05) is 0 Å². The number of nitrogen functional groups attached to an aromatic ring is 1. The van der Waals surface area contributed by atoms with Crippen molar-refractivity contribution < 1.29 is 23.4 Å². The fourth-order valence-corrected chi connectivity index (χ4v) is 3.06. The Kier molecular flexibility index (Phi) is 5.76. The SMILES string of the molecule is CCOC(=O)c1c(-c2ccc(F)cc2)oc2cc(N)c(CCCCO)cc12. The number of aliphatic hydroxyl groups is 1. The number of unbranched alkanes of at least 4 members (excludes halogenated alkanes) is 1. The quantitative estimate of drug-likeness (QED) is 0.367. The first-order valence-electron chi connectivity index (χ1n) is 8.94. The van der Waals surface area contributed by atoms with Crippen molar-refractivity contribution in [3.05, 3.63) is 53.3 Å². The molecule has 0 aliphatic carbocycles. The van der Waals surface area contributed by atoms with Crippen molar-refractivity contribution in [2.75, 3.05) is 18.9 Å². The molecule has 1 heterocycles. The minimum absolute atomic E-state index is 0.122. The predicted molar refractivity (Wildman–Crippen MR) is 102 cm³/mol. The number of ether oxygens (including phenoxy) is 1. The zero-order valence-corrected chi connectivity index (χ0v) is 15.1. The van der Waals surface area contributed by atoms with E-state index in [9.17, 15) is 9.18 Å². The summed E-state index contributed by atoms with van der Waals surface area (Å²) in [5.74, 6) is -0.542. The molecule has 5 nitrogen and oxygen atoms in total. The maximum absolute atomic E-state index is 13.3. The van der Waals surface area contributed by atoms with E-state index in [2.05, 4.69) is 0 Å². The van der Waals surface area contributed by atoms with E-state index in [-0.39, 0.29) is 19.0 Å². The number of aliphatic hydroxyl groups excluding tert-OH is 1. The van der Waals surface area contributed by atoms with Crippen LogP contribution in [0.25, 0.3) is 22.3 Å². The van der Waals surface area contributed by atoms with Gasteiger partial charge in [-0.25, -0.2) is 9.18 Å². The van der Waals surface area contributed by atoms with Crippen LogP contribution in [0.1, 0.15) is 35.7 Å². The maximum Gasteiger partial charge on any atom is 0.342 e. The van der Waals surface area contributed by atoms with E-state index in [1.54, 1.807) is 25.1 Å². The lowest BCUT2D eigenvalue weighted by molar-refractivity contribution is 0.0528. The van der Waals surface area contributed by atoms with Crippen LogP contribution < -0.4 is 5.73 Å². The van der Waals surface area contributed by atoms with E-state index in [0.29, 0.717) is 46.4 Å². The maximum atomic E-state index is 13.3. The van der Waals surface area contributed by atoms with Crippen molar-refractivity contribution in [1.82, 2.24) is 0 Å². The Labute approximate surface area is 156 Å². The molecule has 3 N–H and O–H groups in total. The fraction of sp³-hybridized carbons (Fsp3) is 0.286. The van der Waals surface area contributed by atoms with Gasteiger partial charge in [0.15, 0.2) is 0 Å². The molecule has 1 aromatic heterocycles. The van der Waals surface area contributed by atoms with Gasteiger partial charge < -0.3 is 20.0 Å². The topological polar surface area (TPSA) is 85.7 Å². The Hall–Kier alpha value is -2.86. The molecule has 0 saturated heterocycles. The van der Waals surface area contributed by atoms with E-state index >= 15 is 0 Å². The van der Waals surface area contributed by atoms with Crippen molar-refractivity contribution in [2.45, 2.75) is 26.2 Å². The molecule has 0 aliphatic rings. The van der Waals surface area contributed by atoms with E-state index < -0.39 is 5.97 Å². The van der Waals surface area contributed by atoms with Gasteiger partial charge in [-0.2, -0.15) is 0 Å². The first kappa shape index (κ1) is 18.9. The number of fused-ring (bicyclic) bond motifs is 1. The molecular weight excluding hydrogens is 349 g/mol. The van der Waals surface area contributed by atoms with Crippen molar-refractivity contribution in [1.29, 1.82) is 0 Å². The van der Waals surface area contributed by atoms with E-state index in [0.717, 1.165) is 12.0 Å². The molecule has 27 heavy (non-hydrogen) atoms. The molecule has 0 atom stereocenters. The van der Waals surface area contributed by atoms with Crippen molar-refractivity contribution in [3.8, 4) is 11.3 Å². The summed E-state index contributed by atoms with van der Waals surface area (Å²) in [7, 11) is 0. The Balaban J connectivity index is 2.15. The minimum Gasteiger partial charge on any atom is -0.462 e. The molecule has 0 radical (unpaired) electrons. The van der Waals surface area contributed by atoms with Gasteiger partial charge in [0, 0.05) is 29.3 Å². The molecular formula is C21H22FNO4. The number of hydrogen-bond donors (Lipinski definition) is 2. The number of hydrogen-bond acceptors (Lipinski definition) is 5. The number of halogens is 1. The molecule has 0 bridgehead atoms. The summed E-state index contributed by atoms with van der Waals surface area (Å²) in [6.45, 7) is 2.08. The zero-order valence-electron chi connectivity index (χ0n) is 15.1. The summed E-state index contributed by atoms with van der Waals surface area (Å²) < 4.78 is 24.4. The van der Waals surface area contributed by atoms with Crippen LogP contribution >= 0.6 is 0 Å². The van der Waals surface area contributed by atoms with Crippen LogP contribution in [-0.4, -0.2) is 24.3 Å². The molecule has 0 aliphatic heterocycles. The lowest BCUT2D eigenvalue weighted by atomic mass is 10.0. The Morgan fingerprint density at radius 2 is 1.96 bits per heavy atom. The van der Waals surface area contributed by atoms with Crippen LogP contribution in [0.15, 0.2) is 40.8 Å². The van der Waals surface area contributed by atoms with Crippen LogP contribution in [0.2, 0.25) is 0 Å². The molecule has 0 spiro atoms. The Morgan fingerprint density at radius 1 is 1.22 bits per heavy atom. The molecule has 3 aromatic rings. The predicted octanol–water partition coefficient (Wildman–Crippen LogP) is 4.31. The standard InChI is InChI=1S/C21H22FNO4/c1-2-26-21(25)19-16-11-14(5-3-4-10-24)17(23)12-18(16)27-20(19)13-6-8-15(22)9-7-13/h6-9,11-12,24H,2-5,10,23H2,1H3. The van der Waals surface area contributed by atoms with E-state index in [4.69, 9.17) is 20.0 Å². The molecule has 0 fully saturated rings. The minimum atomic E-state index is -0.498. The second-order valence-electron chi connectivity index (χ2n) is 6.26. The zero-order chi connectivity index (χ0) is 19.4. The first-order chi connectivity index (χ1) is 13.0. The lowest BCUT2D eigenvalue weighted by Crippen LogP contribution is -2.05. The molecule has 0 saturated carbocycles. The number of rotatable bonds is 7. The Morgan fingerprint density at radius 3 is 2.63 bits per heavy atom. The van der Waals surface area contributed by atoms with Crippen LogP contribution in [0.4, 0.5) is 10.1 Å². The average Bonchev–Trinajstić information content (AvgIpc) is 3.01. The highest BCUT2D eigenvalue weighted by atomic mass is 19.1. The van der Waals surface area contributed by atoms with Gasteiger partial charge in [-0.3, -0.25) is 0 Å². The smallest absolute Gasteiger partial charge is 0.342 e. The van der Waals surface area contributed by atoms with Gasteiger partial charge in [0.05, 0.1) is 6.61 Å². The van der Waals surface area contributed by atoms with E-state index in [1.165, 1.54) is 12.1 Å². The van der Waals surface area contributed by atoms with Crippen molar-refractivity contribution in [3.63, 3.8) is 0 Å².